The van der Waals surface area contributed by atoms with Crippen LogP contribution in [0, 0.1) is 0 Å². The van der Waals surface area contributed by atoms with Gasteiger partial charge in [-0.2, -0.15) is 0 Å². The summed E-state index contributed by atoms with van der Waals surface area (Å²) in [5, 5.41) is 2.97. The average molecular weight is 566 g/mol. The molecule has 0 heterocycles. The Morgan fingerprint density at radius 3 is 2.20 bits per heavy atom. The number of hydrogen-bond donors (Lipinski definition) is 1. The molecule has 0 spiro atoms. The summed E-state index contributed by atoms with van der Waals surface area (Å²) in [6.07, 6.45) is 2.66. The van der Waals surface area contributed by atoms with Crippen molar-refractivity contribution in [1.82, 2.24) is 10.2 Å². The minimum atomic E-state index is -3.54. The maximum absolute atomic E-state index is 13.8. The summed E-state index contributed by atoms with van der Waals surface area (Å²) in [5.74, 6) is 0.215. The van der Waals surface area contributed by atoms with Crippen LogP contribution in [0.25, 0.3) is 0 Å². The molecule has 0 fully saturated rings. The smallest absolute Gasteiger partial charge is 0.243 e. The lowest BCUT2D eigenvalue weighted by atomic mass is 10.0. The first-order chi connectivity index (χ1) is 19.2. The molecule has 0 saturated heterocycles. The number of rotatable bonds is 15. The monoisotopic (exact) mass is 565 g/mol. The van der Waals surface area contributed by atoms with Crippen molar-refractivity contribution in [3.05, 3.63) is 96.1 Å². The molecular weight excluding hydrogens is 526 g/mol. The zero-order chi connectivity index (χ0) is 29.0. The highest BCUT2D eigenvalue weighted by Gasteiger charge is 2.30. The van der Waals surface area contributed by atoms with Gasteiger partial charge in [-0.3, -0.25) is 13.9 Å². The minimum absolute atomic E-state index is 0.0785. The summed E-state index contributed by atoms with van der Waals surface area (Å²) < 4.78 is 31.7. The van der Waals surface area contributed by atoms with Crippen LogP contribution in [-0.2, 0) is 32.6 Å². The van der Waals surface area contributed by atoms with Crippen molar-refractivity contribution in [1.29, 1.82) is 0 Å². The Morgan fingerprint density at radius 1 is 0.925 bits per heavy atom. The zero-order valence-corrected chi connectivity index (χ0v) is 24.3. The van der Waals surface area contributed by atoms with Crippen molar-refractivity contribution < 1.29 is 22.7 Å². The number of benzene rings is 3. The van der Waals surface area contributed by atoms with Gasteiger partial charge in [-0.15, -0.1) is 0 Å². The molecule has 2 amide bonds. The second-order valence-electron chi connectivity index (χ2n) is 9.64. The molecule has 0 aliphatic rings. The van der Waals surface area contributed by atoms with Gasteiger partial charge in [-0.05, 0) is 48.2 Å². The molecular formula is C31H39N3O5S. The van der Waals surface area contributed by atoms with Gasteiger partial charge < -0.3 is 15.0 Å². The first-order valence-electron chi connectivity index (χ1n) is 13.5. The number of carbonyl (C=O) groups is 2. The van der Waals surface area contributed by atoms with E-state index >= 15 is 0 Å². The second kappa shape index (κ2) is 15.1. The number of nitrogens with zero attached hydrogens (tertiary/aromatic N) is 2. The Bertz CT molecular complexity index is 1330. The lowest BCUT2D eigenvalue weighted by molar-refractivity contribution is -0.141. The van der Waals surface area contributed by atoms with Crippen LogP contribution in [0.5, 0.6) is 5.75 Å². The topological polar surface area (TPSA) is 96.0 Å². The molecule has 1 atom stereocenters. The van der Waals surface area contributed by atoms with Gasteiger partial charge in [0.1, 0.15) is 11.8 Å². The van der Waals surface area contributed by atoms with E-state index in [1.807, 2.05) is 67.6 Å². The van der Waals surface area contributed by atoms with E-state index in [2.05, 4.69) is 5.32 Å². The van der Waals surface area contributed by atoms with Crippen LogP contribution < -0.4 is 14.4 Å². The zero-order valence-electron chi connectivity index (χ0n) is 23.5. The summed E-state index contributed by atoms with van der Waals surface area (Å²) in [5.41, 5.74) is 2.32. The van der Waals surface area contributed by atoms with Crippen LogP contribution in [0.4, 0.5) is 5.69 Å². The maximum atomic E-state index is 13.8. The highest BCUT2D eigenvalue weighted by atomic mass is 32.2. The van der Waals surface area contributed by atoms with Crippen LogP contribution >= 0.6 is 0 Å². The van der Waals surface area contributed by atoms with E-state index in [4.69, 9.17) is 4.74 Å². The third-order valence-corrected chi connectivity index (χ3v) is 7.70. The van der Waals surface area contributed by atoms with Crippen LogP contribution in [0.15, 0.2) is 84.9 Å². The Labute approximate surface area is 238 Å². The normalized spacial score (nSPS) is 11.9. The molecule has 40 heavy (non-hydrogen) atoms. The van der Waals surface area contributed by atoms with Gasteiger partial charge in [0.2, 0.25) is 21.8 Å². The van der Waals surface area contributed by atoms with E-state index in [0.717, 1.165) is 23.8 Å². The Morgan fingerprint density at radius 2 is 1.57 bits per heavy atom. The molecule has 0 saturated carbocycles. The van der Waals surface area contributed by atoms with Crippen LogP contribution in [0.1, 0.15) is 37.3 Å². The molecule has 1 N–H and O–H groups in total. The van der Waals surface area contributed by atoms with Crippen LogP contribution in [0.2, 0.25) is 0 Å². The van der Waals surface area contributed by atoms with Crippen molar-refractivity contribution in [2.75, 3.05) is 30.8 Å². The van der Waals surface area contributed by atoms with Crippen molar-refractivity contribution in [2.24, 2.45) is 0 Å². The fourth-order valence-corrected chi connectivity index (χ4v) is 5.45. The molecule has 3 rings (SSSR count). The van der Waals surface area contributed by atoms with E-state index < -0.39 is 16.1 Å². The molecule has 0 aliphatic heterocycles. The van der Waals surface area contributed by atoms with E-state index in [-0.39, 0.29) is 31.3 Å². The van der Waals surface area contributed by atoms with Gasteiger partial charge >= 0.3 is 0 Å². The Kier molecular flexibility index (Phi) is 11.6. The Hall–Kier alpha value is -3.85. The number of hydrogen-bond acceptors (Lipinski definition) is 5. The number of anilines is 1. The Balaban J connectivity index is 1.88. The van der Waals surface area contributed by atoms with Gasteiger partial charge in [0.15, 0.2) is 0 Å². The molecule has 0 unspecified atom stereocenters. The predicted octanol–water partition coefficient (Wildman–Crippen LogP) is 4.41. The third kappa shape index (κ3) is 9.12. The predicted molar refractivity (Wildman–Crippen MR) is 159 cm³/mol. The molecule has 0 aliphatic carbocycles. The molecule has 0 aromatic heterocycles. The number of nitrogens with one attached hydrogen (secondary N) is 1. The highest BCUT2D eigenvalue weighted by molar-refractivity contribution is 7.92. The fourth-order valence-electron chi connectivity index (χ4n) is 4.49. The van der Waals surface area contributed by atoms with Crippen LogP contribution in [-0.4, -0.2) is 57.6 Å². The number of carbonyl (C=O) groups excluding carboxylic acids is 2. The van der Waals surface area contributed by atoms with Crippen molar-refractivity contribution in [3.63, 3.8) is 0 Å². The summed E-state index contributed by atoms with van der Waals surface area (Å²) in [7, 11) is -1.96. The number of para-hydroxylation sites is 1. The summed E-state index contributed by atoms with van der Waals surface area (Å²) >= 11 is 0. The van der Waals surface area contributed by atoms with Gasteiger partial charge in [0, 0.05) is 32.5 Å². The summed E-state index contributed by atoms with van der Waals surface area (Å²) in [4.78, 5) is 28.9. The number of amides is 2. The largest absolute Gasteiger partial charge is 0.497 e. The van der Waals surface area contributed by atoms with Gasteiger partial charge in [0.05, 0.1) is 19.1 Å². The van der Waals surface area contributed by atoms with E-state index in [1.54, 1.807) is 36.3 Å². The molecule has 3 aromatic carbocycles. The molecule has 0 radical (unpaired) electrons. The number of ether oxygens (including phenoxy) is 1. The molecule has 3 aromatic rings. The SMILES string of the molecule is CCCNC(=O)[C@@H](Cc1ccccc1)N(Cc1cccc(OC)c1)C(=O)CCCN(c1ccccc1)S(C)(=O)=O. The molecule has 214 valence electrons. The van der Waals surface area contributed by atoms with Gasteiger partial charge in [-0.1, -0.05) is 67.6 Å². The van der Waals surface area contributed by atoms with E-state index in [1.165, 1.54) is 4.31 Å². The lowest BCUT2D eigenvalue weighted by Crippen LogP contribution is -2.50. The molecule has 0 bridgehead atoms. The maximum Gasteiger partial charge on any atom is 0.243 e. The average Bonchev–Trinajstić information content (AvgIpc) is 2.96. The van der Waals surface area contributed by atoms with E-state index in [0.29, 0.717) is 30.8 Å². The first-order valence-corrected chi connectivity index (χ1v) is 15.3. The molecule has 8 nitrogen and oxygen atoms in total. The minimum Gasteiger partial charge on any atom is -0.497 e. The third-order valence-electron chi connectivity index (χ3n) is 6.50. The van der Waals surface area contributed by atoms with Crippen LogP contribution in [0.3, 0.4) is 0 Å². The van der Waals surface area contributed by atoms with Crippen molar-refractivity contribution in [2.45, 2.75) is 45.2 Å². The fraction of sp³-hybridized carbons (Fsp3) is 0.355. The summed E-state index contributed by atoms with van der Waals surface area (Å²) in [6, 6.07) is 25.1. The van der Waals surface area contributed by atoms with E-state index in [9.17, 15) is 18.0 Å². The number of sulfonamides is 1. The summed E-state index contributed by atoms with van der Waals surface area (Å²) in [6.45, 7) is 2.84. The lowest BCUT2D eigenvalue weighted by Gasteiger charge is -2.32. The first kappa shape index (κ1) is 30.7. The standard InChI is InChI=1S/C31H39N3O5S/c1-4-20-32-31(36)29(23-25-13-7-5-8-14-25)33(24-26-15-11-18-28(22-26)39-2)30(35)19-12-21-34(40(3,37)38)27-16-9-6-10-17-27/h5-11,13-18,22,29H,4,12,19-21,23-24H2,1-3H3,(H,32,36)/t29-/m1/s1. The highest BCUT2D eigenvalue weighted by Crippen LogP contribution is 2.21. The second-order valence-corrected chi connectivity index (χ2v) is 11.6. The van der Waals surface area contributed by atoms with Crippen molar-refractivity contribution in [3.8, 4) is 5.75 Å². The number of methoxy groups -OCH3 is 1. The molecule has 9 heteroatoms. The van der Waals surface area contributed by atoms with Crippen molar-refractivity contribution >= 4 is 27.5 Å². The van der Waals surface area contributed by atoms with Gasteiger partial charge in [0.25, 0.3) is 0 Å². The quantitative estimate of drug-likeness (QED) is 0.295. The van der Waals surface area contributed by atoms with Gasteiger partial charge in [-0.25, -0.2) is 8.42 Å².